The van der Waals surface area contributed by atoms with Crippen LogP contribution < -0.4 is 10.6 Å². The Morgan fingerprint density at radius 3 is 2.26 bits per heavy atom. The molecule has 0 bridgehead atoms. The molecule has 8 nitrogen and oxygen atoms in total. The molecule has 4 rings (SSSR count). The second kappa shape index (κ2) is 10.9. The van der Waals surface area contributed by atoms with E-state index in [9.17, 15) is 19.5 Å². The van der Waals surface area contributed by atoms with Crippen molar-refractivity contribution >= 4 is 18.0 Å². The molecule has 2 aromatic carbocycles. The maximum Gasteiger partial charge on any atom is 0.407 e. The molecule has 3 N–H and O–H groups in total. The predicted molar refractivity (Wildman–Crippen MR) is 132 cm³/mol. The van der Waals surface area contributed by atoms with Crippen LogP contribution in [0.15, 0.2) is 48.5 Å². The molecule has 2 aliphatic carbocycles. The Hall–Kier alpha value is -3.39. The van der Waals surface area contributed by atoms with Crippen LogP contribution in [0.3, 0.4) is 0 Å². The number of amides is 2. The van der Waals surface area contributed by atoms with Gasteiger partial charge in [0.05, 0.1) is 0 Å². The first kappa shape index (κ1) is 24.7. The van der Waals surface area contributed by atoms with Crippen LogP contribution in [-0.2, 0) is 14.3 Å². The van der Waals surface area contributed by atoms with Crippen LogP contribution in [0.4, 0.5) is 4.79 Å². The van der Waals surface area contributed by atoms with E-state index in [1.54, 1.807) is 19.0 Å². The second-order valence-electron chi connectivity index (χ2n) is 9.77. The van der Waals surface area contributed by atoms with Gasteiger partial charge in [-0.2, -0.15) is 0 Å². The highest BCUT2D eigenvalue weighted by molar-refractivity contribution is 5.84. The fourth-order valence-corrected chi connectivity index (χ4v) is 5.26. The van der Waals surface area contributed by atoms with Gasteiger partial charge in [0, 0.05) is 24.9 Å². The number of fused-ring (bicyclic) bond motifs is 3. The van der Waals surface area contributed by atoms with E-state index >= 15 is 0 Å². The topological polar surface area (TPSA) is 108 Å². The molecule has 8 heteroatoms. The summed E-state index contributed by atoms with van der Waals surface area (Å²) in [5.41, 5.74) is 4.71. The standard InChI is InChI=1S/C27H33N3O5/c1-30(2)15-24(26(32)33)29-25(31)14-17-11-12-18(13-17)28-27(34)35-16-23-21-9-5-3-7-19(21)20-8-4-6-10-22(20)23/h3-10,17-18,23-24H,11-16H2,1-2H3,(H,28,34)(H,29,31)(H,32,33)/t17?,18?,24-/m0/s1. The van der Waals surface area contributed by atoms with E-state index in [0.717, 1.165) is 12.8 Å². The lowest BCUT2D eigenvalue weighted by Gasteiger charge is -2.20. The summed E-state index contributed by atoms with van der Waals surface area (Å²) < 4.78 is 5.63. The van der Waals surface area contributed by atoms with Gasteiger partial charge in [0.1, 0.15) is 12.6 Å². The second-order valence-corrected chi connectivity index (χ2v) is 9.77. The van der Waals surface area contributed by atoms with Gasteiger partial charge in [-0.1, -0.05) is 48.5 Å². The molecule has 0 heterocycles. The molecule has 1 saturated carbocycles. The van der Waals surface area contributed by atoms with Gasteiger partial charge in [-0.15, -0.1) is 0 Å². The third-order valence-electron chi connectivity index (χ3n) is 6.86. The molecule has 3 atom stereocenters. The molecule has 35 heavy (non-hydrogen) atoms. The zero-order valence-electron chi connectivity index (χ0n) is 20.2. The lowest BCUT2D eigenvalue weighted by molar-refractivity contribution is -0.142. The van der Waals surface area contributed by atoms with Crippen LogP contribution in [0.25, 0.3) is 11.1 Å². The first-order valence-corrected chi connectivity index (χ1v) is 12.1. The van der Waals surface area contributed by atoms with Crippen molar-refractivity contribution in [3.63, 3.8) is 0 Å². The summed E-state index contributed by atoms with van der Waals surface area (Å²) in [6.07, 6.45) is 2.04. The highest BCUT2D eigenvalue weighted by Crippen LogP contribution is 2.44. The van der Waals surface area contributed by atoms with Gasteiger partial charge in [0.15, 0.2) is 0 Å². The van der Waals surface area contributed by atoms with Gasteiger partial charge >= 0.3 is 12.1 Å². The number of alkyl carbamates (subject to hydrolysis) is 1. The molecule has 0 aromatic heterocycles. The lowest BCUT2D eigenvalue weighted by Crippen LogP contribution is -2.47. The van der Waals surface area contributed by atoms with Gasteiger partial charge in [0.25, 0.3) is 0 Å². The smallest absolute Gasteiger partial charge is 0.407 e. The zero-order chi connectivity index (χ0) is 24.9. The minimum atomic E-state index is -1.05. The van der Waals surface area contributed by atoms with Gasteiger partial charge in [-0.05, 0) is 61.5 Å². The van der Waals surface area contributed by atoms with Gasteiger partial charge < -0.3 is 25.4 Å². The van der Waals surface area contributed by atoms with E-state index in [1.807, 2.05) is 24.3 Å². The number of carbonyl (C=O) groups is 3. The number of nitrogens with one attached hydrogen (secondary N) is 2. The highest BCUT2D eigenvalue weighted by Gasteiger charge is 2.31. The summed E-state index contributed by atoms with van der Waals surface area (Å²) in [6.45, 7) is 0.499. The fourth-order valence-electron chi connectivity index (χ4n) is 5.26. The number of ether oxygens (including phenoxy) is 1. The van der Waals surface area contributed by atoms with Gasteiger partial charge in [-0.25, -0.2) is 9.59 Å². The number of aliphatic carboxylic acids is 1. The number of likely N-dealkylation sites (N-methyl/N-ethyl adjacent to an activating group) is 1. The summed E-state index contributed by atoms with van der Waals surface area (Å²) in [6, 6.07) is 15.4. The number of carbonyl (C=O) groups excluding carboxylic acids is 2. The summed E-state index contributed by atoms with van der Waals surface area (Å²) in [5, 5.41) is 14.9. The third-order valence-corrected chi connectivity index (χ3v) is 6.86. The highest BCUT2D eigenvalue weighted by atomic mass is 16.5. The van der Waals surface area contributed by atoms with E-state index in [2.05, 4.69) is 34.9 Å². The summed E-state index contributed by atoms with van der Waals surface area (Å²) in [4.78, 5) is 38.0. The molecule has 2 aromatic rings. The summed E-state index contributed by atoms with van der Waals surface area (Å²) in [5.74, 6) is -1.21. The first-order chi connectivity index (χ1) is 16.8. The number of carboxylic acid groups (broad SMARTS) is 1. The van der Waals surface area contributed by atoms with E-state index in [0.29, 0.717) is 6.42 Å². The molecule has 0 saturated heterocycles. The molecule has 0 spiro atoms. The van der Waals surface area contributed by atoms with Crippen molar-refractivity contribution in [1.29, 1.82) is 0 Å². The molecule has 1 fully saturated rings. The van der Waals surface area contributed by atoms with Crippen LogP contribution in [0.2, 0.25) is 0 Å². The summed E-state index contributed by atoms with van der Waals surface area (Å²) >= 11 is 0. The van der Waals surface area contributed by atoms with Gasteiger partial charge in [-0.3, -0.25) is 4.79 Å². The maximum atomic E-state index is 12.5. The van der Waals surface area contributed by atoms with E-state index < -0.39 is 18.1 Å². The SMILES string of the molecule is CN(C)C[C@H](NC(=O)CC1CCC(NC(=O)OCC2c3ccccc3-c3ccccc32)C1)C(=O)O. The number of hydrogen-bond donors (Lipinski definition) is 3. The average molecular weight is 480 g/mol. The Balaban J connectivity index is 1.24. The summed E-state index contributed by atoms with van der Waals surface area (Å²) in [7, 11) is 3.53. The number of rotatable bonds is 9. The van der Waals surface area contributed by atoms with Crippen molar-refractivity contribution in [3.05, 3.63) is 59.7 Å². The number of benzene rings is 2. The van der Waals surface area contributed by atoms with Crippen molar-refractivity contribution in [2.45, 2.75) is 43.7 Å². The van der Waals surface area contributed by atoms with E-state index in [-0.39, 0.29) is 43.4 Å². The van der Waals surface area contributed by atoms with Crippen molar-refractivity contribution in [3.8, 4) is 11.1 Å². The minimum Gasteiger partial charge on any atom is -0.480 e. The molecule has 2 aliphatic rings. The van der Waals surface area contributed by atoms with E-state index in [4.69, 9.17) is 4.74 Å². The van der Waals surface area contributed by atoms with Crippen LogP contribution in [-0.4, -0.2) is 67.3 Å². The molecular formula is C27H33N3O5. The minimum absolute atomic E-state index is 0.0116. The van der Waals surface area contributed by atoms with Crippen LogP contribution in [0.5, 0.6) is 0 Å². The van der Waals surface area contributed by atoms with Crippen molar-refractivity contribution in [2.75, 3.05) is 27.2 Å². The van der Waals surface area contributed by atoms with Crippen molar-refractivity contribution in [2.24, 2.45) is 5.92 Å². The van der Waals surface area contributed by atoms with Crippen molar-refractivity contribution < 1.29 is 24.2 Å². The normalized spacial score (nSPS) is 19.6. The molecule has 2 amide bonds. The van der Waals surface area contributed by atoms with Crippen molar-refractivity contribution in [1.82, 2.24) is 15.5 Å². The average Bonchev–Trinajstić information content (AvgIpc) is 3.38. The Morgan fingerprint density at radius 1 is 1.03 bits per heavy atom. The van der Waals surface area contributed by atoms with Crippen LogP contribution in [0, 0.1) is 5.92 Å². The molecular weight excluding hydrogens is 446 g/mol. The van der Waals surface area contributed by atoms with Gasteiger partial charge in [0.2, 0.25) is 5.91 Å². The monoisotopic (exact) mass is 479 g/mol. The largest absolute Gasteiger partial charge is 0.480 e. The molecule has 0 aliphatic heterocycles. The Bertz CT molecular complexity index is 1040. The quantitative estimate of drug-likeness (QED) is 0.510. The fraction of sp³-hybridized carbons (Fsp3) is 0.444. The third kappa shape index (κ3) is 6.00. The molecule has 2 unspecified atom stereocenters. The lowest BCUT2D eigenvalue weighted by atomic mass is 9.98. The Kier molecular flexibility index (Phi) is 7.70. The van der Waals surface area contributed by atoms with Crippen LogP contribution in [0.1, 0.15) is 42.7 Å². The Morgan fingerprint density at radius 2 is 1.66 bits per heavy atom. The van der Waals surface area contributed by atoms with E-state index in [1.165, 1.54) is 22.3 Å². The molecule has 0 radical (unpaired) electrons. The molecule has 186 valence electrons. The number of nitrogens with zero attached hydrogens (tertiary/aromatic N) is 1. The Labute approximate surface area is 205 Å². The predicted octanol–water partition coefficient (Wildman–Crippen LogP) is 3.21. The first-order valence-electron chi connectivity index (χ1n) is 12.1. The van der Waals surface area contributed by atoms with Crippen LogP contribution >= 0.6 is 0 Å². The number of hydrogen-bond acceptors (Lipinski definition) is 5. The maximum absolute atomic E-state index is 12.5. The number of carboxylic acids is 1. The zero-order valence-corrected chi connectivity index (χ0v) is 20.2.